The zero-order valence-electron chi connectivity index (χ0n) is 9.71. The molecule has 0 saturated heterocycles. The first-order valence-electron chi connectivity index (χ1n) is 5.33. The highest BCUT2D eigenvalue weighted by Crippen LogP contribution is 2.16. The lowest BCUT2D eigenvalue weighted by molar-refractivity contribution is 0.602. The lowest BCUT2D eigenvalue weighted by atomic mass is 10.3. The summed E-state index contributed by atoms with van der Waals surface area (Å²) in [7, 11) is 0. The largest absolute Gasteiger partial charge is 0.384 e. The molecule has 2 N–H and O–H groups in total. The monoisotopic (exact) mass is 224 g/mol. The van der Waals surface area contributed by atoms with Gasteiger partial charge in [0.2, 0.25) is 0 Å². The highest BCUT2D eigenvalue weighted by Gasteiger charge is 1.93. The number of hydrogen-bond acceptors (Lipinski definition) is 3. The molecule has 0 aromatic heterocycles. The van der Waals surface area contributed by atoms with Gasteiger partial charge in [0.25, 0.3) is 0 Å². The third-order valence-electron chi connectivity index (χ3n) is 2.10. The second kappa shape index (κ2) is 6.75. The lowest BCUT2D eigenvalue weighted by Gasteiger charge is -2.10. The van der Waals surface area contributed by atoms with Crippen LogP contribution >= 0.6 is 11.8 Å². The third kappa shape index (κ3) is 5.09. The van der Waals surface area contributed by atoms with Crippen molar-refractivity contribution in [3.05, 3.63) is 24.3 Å². The van der Waals surface area contributed by atoms with Crippen molar-refractivity contribution >= 4 is 17.4 Å². The van der Waals surface area contributed by atoms with Crippen molar-refractivity contribution in [2.75, 3.05) is 24.7 Å². The molecule has 15 heavy (non-hydrogen) atoms. The standard InChI is InChI=1S/C12H20N2S/c1-10(2)13-8-9-14-11-4-6-12(15-3)7-5-11/h4-7,10,13-14H,8-9H2,1-3H3. The van der Waals surface area contributed by atoms with Crippen LogP contribution < -0.4 is 10.6 Å². The summed E-state index contributed by atoms with van der Waals surface area (Å²) < 4.78 is 0. The summed E-state index contributed by atoms with van der Waals surface area (Å²) in [5.41, 5.74) is 1.19. The summed E-state index contributed by atoms with van der Waals surface area (Å²) in [5, 5.41) is 6.75. The molecule has 0 spiro atoms. The molecular weight excluding hydrogens is 204 g/mol. The molecule has 0 aliphatic rings. The minimum Gasteiger partial charge on any atom is -0.384 e. The van der Waals surface area contributed by atoms with Crippen LogP contribution in [0.3, 0.4) is 0 Å². The molecule has 0 unspecified atom stereocenters. The van der Waals surface area contributed by atoms with E-state index >= 15 is 0 Å². The summed E-state index contributed by atoms with van der Waals surface area (Å²) in [6.07, 6.45) is 2.09. The van der Waals surface area contributed by atoms with Gasteiger partial charge in [0.1, 0.15) is 0 Å². The van der Waals surface area contributed by atoms with Crippen LogP contribution in [0.1, 0.15) is 13.8 Å². The summed E-state index contributed by atoms with van der Waals surface area (Å²) in [6.45, 7) is 6.29. The molecular formula is C12H20N2S. The Morgan fingerprint density at radius 3 is 2.33 bits per heavy atom. The van der Waals surface area contributed by atoms with Crippen molar-refractivity contribution in [1.29, 1.82) is 0 Å². The summed E-state index contributed by atoms with van der Waals surface area (Å²) in [4.78, 5) is 1.31. The average Bonchev–Trinajstić information content (AvgIpc) is 2.25. The Kier molecular flexibility index (Phi) is 5.58. The van der Waals surface area contributed by atoms with Gasteiger partial charge in [-0.1, -0.05) is 13.8 Å². The van der Waals surface area contributed by atoms with E-state index in [1.165, 1.54) is 10.6 Å². The van der Waals surface area contributed by atoms with Crippen molar-refractivity contribution in [3.8, 4) is 0 Å². The minimum absolute atomic E-state index is 0.561. The second-order valence-corrected chi connectivity index (χ2v) is 4.64. The topological polar surface area (TPSA) is 24.1 Å². The van der Waals surface area contributed by atoms with Crippen molar-refractivity contribution in [2.24, 2.45) is 0 Å². The molecule has 1 rings (SSSR count). The highest BCUT2D eigenvalue weighted by atomic mass is 32.2. The van der Waals surface area contributed by atoms with Gasteiger partial charge in [-0.15, -0.1) is 11.8 Å². The van der Waals surface area contributed by atoms with Gasteiger partial charge in [0.05, 0.1) is 0 Å². The fraction of sp³-hybridized carbons (Fsp3) is 0.500. The van der Waals surface area contributed by atoms with E-state index in [1.54, 1.807) is 11.8 Å². The van der Waals surface area contributed by atoms with Crippen molar-refractivity contribution in [2.45, 2.75) is 24.8 Å². The van der Waals surface area contributed by atoms with Crippen LogP contribution in [0.15, 0.2) is 29.2 Å². The molecule has 2 nitrogen and oxygen atoms in total. The molecule has 0 heterocycles. The predicted molar refractivity (Wildman–Crippen MR) is 69.9 cm³/mol. The number of nitrogens with one attached hydrogen (secondary N) is 2. The number of rotatable bonds is 6. The Balaban J connectivity index is 2.25. The third-order valence-corrected chi connectivity index (χ3v) is 2.84. The van der Waals surface area contributed by atoms with Gasteiger partial charge in [0, 0.05) is 29.7 Å². The van der Waals surface area contributed by atoms with Crippen molar-refractivity contribution in [3.63, 3.8) is 0 Å². The van der Waals surface area contributed by atoms with Crippen LogP contribution in [0.25, 0.3) is 0 Å². The van der Waals surface area contributed by atoms with Crippen LogP contribution in [0, 0.1) is 0 Å². The fourth-order valence-electron chi connectivity index (χ4n) is 1.28. The molecule has 0 aliphatic carbocycles. The average molecular weight is 224 g/mol. The zero-order chi connectivity index (χ0) is 11.1. The molecule has 1 aromatic carbocycles. The second-order valence-electron chi connectivity index (χ2n) is 3.76. The van der Waals surface area contributed by atoms with Crippen molar-refractivity contribution in [1.82, 2.24) is 5.32 Å². The van der Waals surface area contributed by atoms with Gasteiger partial charge in [-0.3, -0.25) is 0 Å². The van der Waals surface area contributed by atoms with E-state index in [9.17, 15) is 0 Å². The highest BCUT2D eigenvalue weighted by molar-refractivity contribution is 7.98. The van der Waals surface area contributed by atoms with Gasteiger partial charge in [-0.05, 0) is 30.5 Å². The molecule has 0 bridgehead atoms. The van der Waals surface area contributed by atoms with Crippen LogP contribution in [-0.2, 0) is 0 Å². The molecule has 0 fully saturated rings. The van der Waals surface area contributed by atoms with Crippen molar-refractivity contribution < 1.29 is 0 Å². The molecule has 0 aliphatic heterocycles. The lowest BCUT2D eigenvalue weighted by Crippen LogP contribution is -2.28. The van der Waals surface area contributed by atoms with E-state index in [0.717, 1.165) is 13.1 Å². The first-order chi connectivity index (χ1) is 7.22. The number of hydrogen-bond donors (Lipinski definition) is 2. The maximum Gasteiger partial charge on any atom is 0.0341 e. The van der Waals surface area contributed by atoms with Gasteiger partial charge in [0.15, 0.2) is 0 Å². The van der Waals surface area contributed by atoms with E-state index < -0.39 is 0 Å². The zero-order valence-corrected chi connectivity index (χ0v) is 10.5. The maximum absolute atomic E-state index is 3.38. The number of anilines is 1. The van der Waals surface area contributed by atoms with Crippen LogP contribution in [0.4, 0.5) is 5.69 Å². The Labute approximate surface area is 96.8 Å². The van der Waals surface area contributed by atoms with E-state index in [2.05, 4.69) is 55.0 Å². The first-order valence-corrected chi connectivity index (χ1v) is 6.56. The van der Waals surface area contributed by atoms with Gasteiger partial charge < -0.3 is 10.6 Å². The summed E-state index contributed by atoms with van der Waals surface area (Å²) >= 11 is 1.77. The van der Waals surface area contributed by atoms with E-state index in [-0.39, 0.29) is 0 Å². The van der Waals surface area contributed by atoms with Crippen LogP contribution in [0.5, 0.6) is 0 Å². The normalized spacial score (nSPS) is 10.7. The molecule has 0 saturated carbocycles. The molecule has 0 radical (unpaired) electrons. The SMILES string of the molecule is CSc1ccc(NCCNC(C)C)cc1. The Hall–Kier alpha value is -0.670. The maximum atomic E-state index is 3.38. The first kappa shape index (κ1) is 12.4. The number of thioether (sulfide) groups is 1. The van der Waals surface area contributed by atoms with Gasteiger partial charge >= 0.3 is 0 Å². The molecule has 0 amide bonds. The molecule has 84 valence electrons. The summed E-state index contributed by atoms with van der Waals surface area (Å²) in [5.74, 6) is 0. The predicted octanol–water partition coefficient (Wildman–Crippen LogP) is 2.82. The van der Waals surface area contributed by atoms with Gasteiger partial charge in [-0.2, -0.15) is 0 Å². The van der Waals surface area contributed by atoms with E-state index in [1.807, 2.05) is 0 Å². The molecule has 3 heteroatoms. The van der Waals surface area contributed by atoms with Crippen LogP contribution in [0.2, 0.25) is 0 Å². The quantitative estimate of drug-likeness (QED) is 0.574. The Morgan fingerprint density at radius 1 is 1.13 bits per heavy atom. The fourth-order valence-corrected chi connectivity index (χ4v) is 1.68. The van der Waals surface area contributed by atoms with E-state index in [0.29, 0.717) is 6.04 Å². The molecule has 1 aromatic rings. The van der Waals surface area contributed by atoms with E-state index in [4.69, 9.17) is 0 Å². The minimum atomic E-state index is 0.561. The molecule has 0 atom stereocenters. The number of benzene rings is 1. The van der Waals surface area contributed by atoms with Crippen LogP contribution in [-0.4, -0.2) is 25.4 Å². The Bertz CT molecular complexity index is 269. The van der Waals surface area contributed by atoms with Gasteiger partial charge in [-0.25, -0.2) is 0 Å². The summed E-state index contributed by atoms with van der Waals surface area (Å²) in [6, 6.07) is 9.10. The Morgan fingerprint density at radius 2 is 1.80 bits per heavy atom. The smallest absolute Gasteiger partial charge is 0.0341 e.